The van der Waals surface area contributed by atoms with Crippen LogP contribution in [0.25, 0.3) is 0 Å². The van der Waals surface area contributed by atoms with E-state index < -0.39 is 0 Å². The second-order valence-electron chi connectivity index (χ2n) is 9.07. The maximum absolute atomic E-state index is 12.7. The summed E-state index contributed by atoms with van der Waals surface area (Å²) in [5.41, 5.74) is 0. The molecule has 5 nitrogen and oxygen atoms in total. The molecule has 3 saturated heterocycles. The van der Waals surface area contributed by atoms with Crippen molar-refractivity contribution in [1.82, 2.24) is 15.1 Å². The number of likely N-dealkylation sites (tertiary alicyclic amines) is 1. The minimum absolute atomic E-state index is 0.344. The van der Waals surface area contributed by atoms with Gasteiger partial charge < -0.3 is 15.0 Å². The molecule has 3 unspecified atom stereocenters. The van der Waals surface area contributed by atoms with E-state index in [4.69, 9.17) is 4.74 Å². The van der Waals surface area contributed by atoms with E-state index in [1.165, 1.54) is 19.4 Å². The molecule has 0 aromatic rings. The van der Waals surface area contributed by atoms with Gasteiger partial charge in [0.15, 0.2) is 0 Å². The normalized spacial score (nSPS) is 31.1. The number of carbonyl (C=O) groups excluding carboxylic acids is 1. The standard InChI is InChI=1S/C21H39N3O2/c1-16(20-4-8-22-9-5-20)12-21(25)24-10-6-19(7-11-24)15-23-13-17(2)26-18(3)14-23/h16-20,22H,4-15H2,1-3H3. The molecule has 3 heterocycles. The van der Waals surface area contributed by atoms with Crippen LogP contribution in [0.3, 0.4) is 0 Å². The molecule has 0 aliphatic carbocycles. The van der Waals surface area contributed by atoms with Gasteiger partial charge in [-0.25, -0.2) is 0 Å². The molecule has 0 aromatic heterocycles. The number of rotatable bonds is 5. The van der Waals surface area contributed by atoms with Crippen molar-refractivity contribution in [1.29, 1.82) is 0 Å². The number of nitrogens with one attached hydrogen (secondary N) is 1. The van der Waals surface area contributed by atoms with Crippen LogP contribution in [0.5, 0.6) is 0 Å². The molecular weight excluding hydrogens is 326 g/mol. The van der Waals surface area contributed by atoms with E-state index in [9.17, 15) is 4.79 Å². The highest BCUT2D eigenvalue weighted by atomic mass is 16.5. The molecule has 3 rings (SSSR count). The molecule has 5 heteroatoms. The molecule has 0 spiro atoms. The molecule has 0 bridgehead atoms. The van der Waals surface area contributed by atoms with Gasteiger partial charge in [0, 0.05) is 39.1 Å². The van der Waals surface area contributed by atoms with Gasteiger partial charge in [-0.2, -0.15) is 0 Å². The van der Waals surface area contributed by atoms with E-state index in [1.54, 1.807) is 0 Å². The number of piperidine rings is 2. The lowest BCUT2D eigenvalue weighted by Gasteiger charge is -2.39. The van der Waals surface area contributed by atoms with Gasteiger partial charge in [0.1, 0.15) is 0 Å². The van der Waals surface area contributed by atoms with Crippen LogP contribution >= 0.6 is 0 Å². The molecule has 3 atom stereocenters. The molecule has 26 heavy (non-hydrogen) atoms. The topological polar surface area (TPSA) is 44.8 Å². The van der Waals surface area contributed by atoms with Gasteiger partial charge in [0.05, 0.1) is 12.2 Å². The largest absolute Gasteiger partial charge is 0.373 e. The van der Waals surface area contributed by atoms with Crippen LogP contribution < -0.4 is 5.32 Å². The highest BCUT2D eigenvalue weighted by molar-refractivity contribution is 5.76. The van der Waals surface area contributed by atoms with E-state index >= 15 is 0 Å². The molecule has 3 fully saturated rings. The van der Waals surface area contributed by atoms with Crippen molar-refractivity contribution in [3.63, 3.8) is 0 Å². The van der Waals surface area contributed by atoms with Crippen LogP contribution in [-0.2, 0) is 9.53 Å². The summed E-state index contributed by atoms with van der Waals surface area (Å²) in [7, 11) is 0. The second-order valence-corrected chi connectivity index (χ2v) is 9.07. The minimum atomic E-state index is 0.344. The first kappa shape index (κ1) is 20.1. The Morgan fingerprint density at radius 3 is 2.31 bits per heavy atom. The van der Waals surface area contributed by atoms with Crippen molar-refractivity contribution < 1.29 is 9.53 Å². The van der Waals surface area contributed by atoms with Crippen molar-refractivity contribution in [2.45, 2.75) is 65.1 Å². The van der Waals surface area contributed by atoms with E-state index in [2.05, 4.69) is 35.9 Å². The Hall–Kier alpha value is -0.650. The zero-order chi connectivity index (χ0) is 18.5. The fourth-order valence-corrected chi connectivity index (χ4v) is 5.15. The van der Waals surface area contributed by atoms with Crippen LogP contribution in [0.15, 0.2) is 0 Å². The average Bonchev–Trinajstić information content (AvgIpc) is 2.62. The highest BCUT2D eigenvalue weighted by Gasteiger charge is 2.29. The summed E-state index contributed by atoms with van der Waals surface area (Å²) in [6.45, 7) is 14.1. The van der Waals surface area contributed by atoms with Gasteiger partial charge in [0.25, 0.3) is 0 Å². The van der Waals surface area contributed by atoms with Crippen molar-refractivity contribution in [3.05, 3.63) is 0 Å². The van der Waals surface area contributed by atoms with Crippen molar-refractivity contribution in [2.24, 2.45) is 17.8 Å². The van der Waals surface area contributed by atoms with E-state index in [-0.39, 0.29) is 0 Å². The fourth-order valence-electron chi connectivity index (χ4n) is 5.15. The summed E-state index contributed by atoms with van der Waals surface area (Å²) in [4.78, 5) is 17.4. The number of hydrogen-bond acceptors (Lipinski definition) is 4. The Kier molecular flexibility index (Phi) is 7.35. The number of carbonyl (C=O) groups is 1. The third kappa shape index (κ3) is 5.67. The molecule has 0 aromatic carbocycles. The summed E-state index contributed by atoms with van der Waals surface area (Å²) in [5.74, 6) is 2.38. The molecule has 3 aliphatic heterocycles. The van der Waals surface area contributed by atoms with Gasteiger partial charge in [0.2, 0.25) is 5.91 Å². The van der Waals surface area contributed by atoms with Crippen molar-refractivity contribution >= 4 is 5.91 Å². The number of morpholine rings is 1. The zero-order valence-corrected chi connectivity index (χ0v) is 17.1. The summed E-state index contributed by atoms with van der Waals surface area (Å²) >= 11 is 0. The van der Waals surface area contributed by atoms with E-state index in [1.807, 2.05) is 0 Å². The molecule has 0 saturated carbocycles. The molecule has 3 aliphatic rings. The monoisotopic (exact) mass is 365 g/mol. The minimum Gasteiger partial charge on any atom is -0.373 e. The van der Waals surface area contributed by atoms with Gasteiger partial charge >= 0.3 is 0 Å². The maximum Gasteiger partial charge on any atom is 0.222 e. The number of nitrogens with zero attached hydrogens (tertiary/aromatic N) is 2. The van der Waals surface area contributed by atoms with Crippen LogP contribution in [0.2, 0.25) is 0 Å². The lowest BCUT2D eigenvalue weighted by molar-refractivity contribution is -0.134. The van der Waals surface area contributed by atoms with Gasteiger partial charge in [-0.3, -0.25) is 9.69 Å². The van der Waals surface area contributed by atoms with Gasteiger partial charge in [-0.1, -0.05) is 6.92 Å². The Morgan fingerprint density at radius 1 is 1.08 bits per heavy atom. The Balaban J connectivity index is 1.38. The Bertz CT molecular complexity index is 435. The quantitative estimate of drug-likeness (QED) is 0.812. The highest BCUT2D eigenvalue weighted by Crippen LogP contribution is 2.26. The Morgan fingerprint density at radius 2 is 1.69 bits per heavy atom. The van der Waals surface area contributed by atoms with Gasteiger partial charge in [-0.15, -0.1) is 0 Å². The van der Waals surface area contributed by atoms with E-state index in [0.717, 1.165) is 70.4 Å². The second kappa shape index (κ2) is 9.52. The summed E-state index contributed by atoms with van der Waals surface area (Å²) < 4.78 is 5.84. The number of ether oxygens (including phenoxy) is 1. The maximum atomic E-state index is 12.7. The summed E-state index contributed by atoms with van der Waals surface area (Å²) in [6.07, 6.45) is 6.21. The molecular formula is C21H39N3O2. The number of amides is 1. The predicted octanol–water partition coefficient (Wildman–Crippen LogP) is 2.36. The lowest BCUT2D eigenvalue weighted by Crippen LogP contribution is -2.48. The lowest BCUT2D eigenvalue weighted by atomic mass is 9.83. The SMILES string of the molecule is CC1CN(CC2CCN(C(=O)CC(C)C3CCNCC3)CC2)CC(C)O1. The van der Waals surface area contributed by atoms with Crippen LogP contribution in [-0.4, -0.2) is 73.7 Å². The zero-order valence-electron chi connectivity index (χ0n) is 17.1. The molecule has 0 radical (unpaired) electrons. The Labute approximate surface area is 159 Å². The van der Waals surface area contributed by atoms with Crippen LogP contribution in [0.4, 0.5) is 0 Å². The predicted molar refractivity (Wildman–Crippen MR) is 105 cm³/mol. The third-order valence-corrected chi connectivity index (χ3v) is 6.66. The van der Waals surface area contributed by atoms with Crippen LogP contribution in [0, 0.1) is 17.8 Å². The number of hydrogen-bond donors (Lipinski definition) is 1. The first-order valence-corrected chi connectivity index (χ1v) is 10.9. The first-order valence-electron chi connectivity index (χ1n) is 10.9. The summed E-state index contributed by atoms with van der Waals surface area (Å²) in [6, 6.07) is 0. The van der Waals surface area contributed by atoms with Gasteiger partial charge in [-0.05, 0) is 70.4 Å². The fraction of sp³-hybridized carbons (Fsp3) is 0.952. The van der Waals surface area contributed by atoms with Crippen molar-refractivity contribution in [3.8, 4) is 0 Å². The summed E-state index contributed by atoms with van der Waals surface area (Å²) in [5, 5.41) is 3.42. The van der Waals surface area contributed by atoms with Crippen molar-refractivity contribution in [2.75, 3.05) is 45.8 Å². The molecule has 1 N–H and O–H groups in total. The van der Waals surface area contributed by atoms with Crippen LogP contribution in [0.1, 0.15) is 52.9 Å². The molecule has 1 amide bonds. The third-order valence-electron chi connectivity index (χ3n) is 6.66. The van der Waals surface area contributed by atoms with E-state index in [0.29, 0.717) is 24.0 Å². The molecule has 150 valence electrons. The smallest absolute Gasteiger partial charge is 0.222 e. The average molecular weight is 366 g/mol. The first-order chi connectivity index (χ1) is 12.5.